The van der Waals surface area contributed by atoms with Crippen LogP contribution in [0, 0.1) is 5.41 Å². The molecule has 33 heavy (non-hydrogen) atoms. The number of hydrogen-bond acceptors (Lipinski definition) is 7. The lowest BCUT2D eigenvalue weighted by Crippen LogP contribution is -2.29. The van der Waals surface area contributed by atoms with E-state index in [1.54, 1.807) is 20.3 Å². The second kappa shape index (κ2) is 8.61. The van der Waals surface area contributed by atoms with E-state index in [2.05, 4.69) is 0 Å². The number of esters is 2. The van der Waals surface area contributed by atoms with E-state index in [1.807, 2.05) is 45.0 Å². The van der Waals surface area contributed by atoms with E-state index in [-0.39, 0.29) is 30.6 Å². The van der Waals surface area contributed by atoms with Gasteiger partial charge < -0.3 is 23.7 Å². The molecule has 1 heterocycles. The number of cyclic esters (lactones) is 1. The van der Waals surface area contributed by atoms with E-state index >= 15 is 0 Å². The smallest absolute Gasteiger partial charge is 0.338 e. The van der Waals surface area contributed by atoms with Crippen LogP contribution in [0.3, 0.4) is 0 Å². The molecule has 0 spiro atoms. The zero-order valence-corrected chi connectivity index (χ0v) is 19.8. The highest BCUT2D eigenvalue weighted by Gasteiger charge is 2.48. The third-order valence-corrected chi connectivity index (χ3v) is 5.79. The summed E-state index contributed by atoms with van der Waals surface area (Å²) < 4.78 is 28.3. The Balaban J connectivity index is 1.62. The van der Waals surface area contributed by atoms with Crippen LogP contribution in [0.1, 0.15) is 56.0 Å². The normalized spacial score (nSPS) is 16.0. The highest BCUT2D eigenvalue weighted by atomic mass is 16.6. The fourth-order valence-electron chi connectivity index (χ4n) is 3.90. The summed E-state index contributed by atoms with van der Waals surface area (Å²) in [6, 6.07) is 9.24. The van der Waals surface area contributed by atoms with Crippen LogP contribution in [0.15, 0.2) is 30.3 Å². The molecule has 1 aliphatic carbocycles. The van der Waals surface area contributed by atoms with Gasteiger partial charge in [0.25, 0.3) is 0 Å². The number of ether oxygens (including phenoxy) is 5. The van der Waals surface area contributed by atoms with Crippen LogP contribution in [0.2, 0.25) is 0 Å². The zero-order chi connectivity index (χ0) is 23.8. The highest BCUT2D eigenvalue weighted by molar-refractivity contribution is 5.94. The minimum absolute atomic E-state index is 0.143. The predicted octanol–water partition coefficient (Wildman–Crippen LogP) is 4.93. The summed E-state index contributed by atoms with van der Waals surface area (Å²) in [6.07, 6.45) is 1.85. The summed E-state index contributed by atoms with van der Waals surface area (Å²) >= 11 is 0. The molecule has 7 heteroatoms. The van der Waals surface area contributed by atoms with Crippen molar-refractivity contribution < 1.29 is 33.3 Å². The van der Waals surface area contributed by atoms with Gasteiger partial charge in [0.1, 0.15) is 18.8 Å². The molecule has 0 aromatic heterocycles. The molecule has 1 fully saturated rings. The number of methoxy groups -OCH3 is 2. The van der Waals surface area contributed by atoms with Crippen LogP contribution >= 0.6 is 0 Å². The molecule has 0 saturated heterocycles. The number of rotatable bonds is 8. The first-order valence-electron chi connectivity index (χ1n) is 11.0. The molecule has 1 aliphatic heterocycles. The monoisotopic (exact) mass is 454 g/mol. The molecule has 2 aliphatic rings. The Kier molecular flexibility index (Phi) is 5.99. The van der Waals surface area contributed by atoms with Crippen LogP contribution in [0.25, 0.3) is 11.1 Å². The molecule has 0 bridgehead atoms. The van der Waals surface area contributed by atoms with Crippen molar-refractivity contribution in [1.82, 2.24) is 0 Å². The van der Waals surface area contributed by atoms with Gasteiger partial charge in [-0.3, -0.25) is 4.79 Å². The number of carbonyl (C=O) groups is 2. The van der Waals surface area contributed by atoms with E-state index < -0.39 is 5.60 Å². The summed E-state index contributed by atoms with van der Waals surface area (Å²) in [5.41, 5.74) is 2.28. The van der Waals surface area contributed by atoms with E-state index in [0.717, 1.165) is 29.5 Å². The third kappa shape index (κ3) is 4.92. The minimum Gasteiger partial charge on any atom is -0.493 e. The van der Waals surface area contributed by atoms with Crippen molar-refractivity contribution in [3.63, 3.8) is 0 Å². The second-order valence-electron chi connectivity index (χ2n) is 9.81. The molecule has 0 N–H and O–H groups in total. The van der Waals surface area contributed by atoms with E-state index in [1.165, 1.54) is 0 Å². The Morgan fingerprint density at radius 2 is 1.76 bits per heavy atom. The largest absolute Gasteiger partial charge is 0.493 e. The molecule has 0 atom stereocenters. The standard InChI is InChI=1S/C26H30O7/c1-25(2,3)13-21(27)33-26(10-11-26)15-32-22-18(8-9-20(29-4)23(22)30-5)16-6-7-19-17(12-16)14-31-24(19)28/h6-9,12H,10-11,13-15H2,1-5H3. The molecule has 4 rings (SSSR count). The first-order chi connectivity index (χ1) is 15.6. The summed E-state index contributed by atoms with van der Waals surface area (Å²) in [4.78, 5) is 24.2. The lowest BCUT2D eigenvalue weighted by molar-refractivity contribution is -0.155. The topological polar surface area (TPSA) is 80.3 Å². The molecule has 0 amide bonds. The number of hydrogen-bond donors (Lipinski definition) is 0. The maximum Gasteiger partial charge on any atom is 0.338 e. The van der Waals surface area contributed by atoms with Crippen molar-refractivity contribution >= 4 is 11.9 Å². The van der Waals surface area contributed by atoms with Gasteiger partial charge in [-0.15, -0.1) is 0 Å². The van der Waals surface area contributed by atoms with E-state index in [0.29, 0.717) is 29.2 Å². The fourth-order valence-corrected chi connectivity index (χ4v) is 3.90. The summed E-state index contributed by atoms with van der Waals surface area (Å²) in [5, 5.41) is 0. The molecule has 0 unspecified atom stereocenters. The van der Waals surface area contributed by atoms with Crippen molar-refractivity contribution in [1.29, 1.82) is 0 Å². The lowest BCUT2D eigenvalue weighted by Gasteiger charge is -2.23. The van der Waals surface area contributed by atoms with Crippen LogP contribution in [-0.2, 0) is 20.9 Å². The molecule has 1 saturated carbocycles. The van der Waals surface area contributed by atoms with Crippen molar-refractivity contribution in [2.24, 2.45) is 5.41 Å². The molecule has 0 radical (unpaired) electrons. The van der Waals surface area contributed by atoms with Gasteiger partial charge in [-0.25, -0.2) is 4.79 Å². The summed E-state index contributed by atoms with van der Waals surface area (Å²) in [5.74, 6) is 0.961. The molecule has 176 valence electrons. The van der Waals surface area contributed by atoms with Gasteiger partial charge in [0.2, 0.25) is 5.75 Å². The summed E-state index contributed by atoms with van der Waals surface area (Å²) in [6.45, 7) is 6.48. The Morgan fingerprint density at radius 3 is 2.39 bits per heavy atom. The van der Waals surface area contributed by atoms with Gasteiger partial charge in [0.15, 0.2) is 11.5 Å². The zero-order valence-electron chi connectivity index (χ0n) is 19.8. The average molecular weight is 455 g/mol. The van der Waals surface area contributed by atoms with Crippen molar-refractivity contribution in [3.8, 4) is 28.4 Å². The van der Waals surface area contributed by atoms with Gasteiger partial charge in [-0.2, -0.15) is 0 Å². The quantitative estimate of drug-likeness (QED) is 0.523. The number of fused-ring (bicyclic) bond motifs is 1. The SMILES string of the molecule is COc1ccc(-c2ccc3c(c2)COC3=O)c(OCC2(OC(=O)CC(C)(C)C)CC2)c1OC. The first kappa shape index (κ1) is 23.0. The van der Waals surface area contributed by atoms with Crippen molar-refractivity contribution in [3.05, 3.63) is 41.5 Å². The highest BCUT2D eigenvalue weighted by Crippen LogP contribution is 2.47. The summed E-state index contributed by atoms with van der Waals surface area (Å²) in [7, 11) is 3.12. The Bertz CT molecular complexity index is 1080. The van der Waals surface area contributed by atoms with Crippen molar-refractivity contribution in [2.75, 3.05) is 20.8 Å². The van der Waals surface area contributed by atoms with Gasteiger partial charge in [0.05, 0.1) is 26.2 Å². The maximum atomic E-state index is 12.4. The fraction of sp³-hybridized carbons (Fsp3) is 0.462. The third-order valence-electron chi connectivity index (χ3n) is 5.79. The maximum absolute atomic E-state index is 12.4. The Labute approximate surface area is 193 Å². The van der Waals surface area contributed by atoms with Crippen LogP contribution in [0.5, 0.6) is 17.2 Å². The van der Waals surface area contributed by atoms with E-state index in [4.69, 9.17) is 23.7 Å². The van der Waals surface area contributed by atoms with Crippen LogP contribution < -0.4 is 14.2 Å². The van der Waals surface area contributed by atoms with Crippen LogP contribution in [-0.4, -0.2) is 38.4 Å². The molecule has 7 nitrogen and oxygen atoms in total. The number of carbonyl (C=O) groups excluding carboxylic acids is 2. The van der Waals surface area contributed by atoms with Gasteiger partial charge in [-0.1, -0.05) is 26.8 Å². The average Bonchev–Trinajstić information content (AvgIpc) is 3.42. The van der Waals surface area contributed by atoms with Gasteiger partial charge >= 0.3 is 11.9 Å². The number of benzene rings is 2. The molecule has 2 aromatic carbocycles. The van der Waals surface area contributed by atoms with Gasteiger partial charge in [0, 0.05) is 11.1 Å². The predicted molar refractivity (Wildman–Crippen MR) is 122 cm³/mol. The molecular weight excluding hydrogens is 424 g/mol. The van der Waals surface area contributed by atoms with Crippen LogP contribution in [0.4, 0.5) is 0 Å². The molecule has 2 aromatic rings. The Morgan fingerprint density at radius 1 is 1.03 bits per heavy atom. The van der Waals surface area contributed by atoms with Crippen molar-refractivity contribution in [2.45, 2.75) is 52.2 Å². The molecular formula is C26H30O7. The second-order valence-corrected chi connectivity index (χ2v) is 9.81. The minimum atomic E-state index is -0.619. The van der Waals surface area contributed by atoms with E-state index in [9.17, 15) is 9.59 Å². The first-order valence-corrected chi connectivity index (χ1v) is 11.0. The lowest BCUT2D eigenvalue weighted by atomic mass is 9.92. The van der Waals surface area contributed by atoms with Gasteiger partial charge in [-0.05, 0) is 48.1 Å². The Hall–Kier alpha value is -3.22.